The lowest BCUT2D eigenvalue weighted by molar-refractivity contribution is -0.243. The van der Waals surface area contributed by atoms with E-state index in [0.29, 0.717) is 31.3 Å². The van der Waals surface area contributed by atoms with Gasteiger partial charge in [0.2, 0.25) is 0 Å². The zero-order valence-electron chi connectivity index (χ0n) is 15.4. The Morgan fingerprint density at radius 1 is 1.27 bits per heavy atom. The lowest BCUT2D eigenvalue weighted by Crippen LogP contribution is -2.66. The molecule has 7 heteroatoms. The van der Waals surface area contributed by atoms with Gasteiger partial charge in [-0.3, -0.25) is 9.59 Å². The maximum absolute atomic E-state index is 12.1. The van der Waals surface area contributed by atoms with Crippen molar-refractivity contribution in [2.75, 3.05) is 6.61 Å². The van der Waals surface area contributed by atoms with Crippen LogP contribution in [0.15, 0.2) is 12.2 Å². The monoisotopic (exact) mass is 366 g/mol. The Kier molecular flexibility index (Phi) is 4.63. The van der Waals surface area contributed by atoms with E-state index < -0.39 is 47.0 Å². The van der Waals surface area contributed by atoms with Crippen LogP contribution in [0.1, 0.15) is 46.5 Å². The summed E-state index contributed by atoms with van der Waals surface area (Å²) in [6.45, 7) is 8.25. The van der Waals surface area contributed by atoms with Gasteiger partial charge in [-0.2, -0.15) is 0 Å². The minimum Gasteiger partial charge on any atom is -0.462 e. The Morgan fingerprint density at radius 2 is 1.96 bits per heavy atom. The minimum atomic E-state index is -1.14. The summed E-state index contributed by atoms with van der Waals surface area (Å²) < 4.78 is 16.6. The van der Waals surface area contributed by atoms with Crippen LogP contribution in [0.5, 0.6) is 0 Å². The van der Waals surface area contributed by atoms with Gasteiger partial charge in [-0.1, -0.05) is 13.5 Å². The van der Waals surface area contributed by atoms with E-state index in [4.69, 9.17) is 14.2 Å². The highest BCUT2D eigenvalue weighted by Gasteiger charge is 2.66. The van der Waals surface area contributed by atoms with Gasteiger partial charge in [-0.25, -0.2) is 4.79 Å². The molecule has 2 saturated carbocycles. The molecule has 144 valence electrons. The fourth-order valence-corrected chi connectivity index (χ4v) is 5.22. The predicted molar refractivity (Wildman–Crippen MR) is 89.7 cm³/mol. The van der Waals surface area contributed by atoms with Crippen LogP contribution in [0.25, 0.3) is 0 Å². The summed E-state index contributed by atoms with van der Waals surface area (Å²) in [5.74, 6) is -2.10. The van der Waals surface area contributed by atoms with Crippen molar-refractivity contribution in [2.45, 2.75) is 64.3 Å². The molecule has 0 amide bonds. The molecule has 3 fully saturated rings. The molecule has 6 atom stereocenters. The Bertz CT molecular complexity index is 656. The summed E-state index contributed by atoms with van der Waals surface area (Å²) >= 11 is 0. The van der Waals surface area contributed by atoms with Crippen LogP contribution in [0, 0.1) is 17.3 Å². The van der Waals surface area contributed by atoms with Crippen molar-refractivity contribution in [3.63, 3.8) is 0 Å². The maximum atomic E-state index is 12.1. The van der Waals surface area contributed by atoms with Crippen molar-refractivity contribution in [3.8, 4) is 0 Å². The van der Waals surface area contributed by atoms with Crippen LogP contribution in [-0.4, -0.2) is 47.4 Å². The smallest absolute Gasteiger partial charge is 0.334 e. The lowest BCUT2D eigenvalue weighted by Gasteiger charge is -2.58. The molecule has 26 heavy (non-hydrogen) atoms. The van der Waals surface area contributed by atoms with E-state index in [0.717, 1.165) is 0 Å². The quantitative estimate of drug-likeness (QED) is 0.459. The first-order chi connectivity index (χ1) is 12.1. The molecule has 1 heterocycles. The third kappa shape index (κ3) is 2.82. The van der Waals surface area contributed by atoms with E-state index in [1.54, 1.807) is 0 Å². The molecule has 6 unspecified atom stereocenters. The van der Waals surface area contributed by atoms with Gasteiger partial charge >= 0.3 is 17.9 Å². The fraction of sp³-hybridized carbons (Fsp3) is 0.737. The van der Waals surface area contributed by atoms with Gasteiger partial charge in [-0.15, -0.1) is 0 Å². The molecular formula is C19H26O7. The first-order valence-electron chi connectivity index (χ1n) is 9.01. The van der Waals surface area contributed by atoms with Crippen LogP contribution < -0.4 is 0 Å². The number of carbonyl (C=O) groups excluding carboxylic acids is 3. The van der Waals surface area contributed by atoms with Crippen LogP contribution >= 0.6 is 0 Å². The summed E-state index contributed by atoms with van der Waals surface area (Å²) in [6.07, 6.45) is 0.866. The topological polar surface area (TPSA) is 99.1 Å². The molecule has 0 radical (unpaired) electrons. The Hall–Kier alpha value is -1.89. The van der Waals surface area contributed by atoms with Crippen LogP contribution in [0.3, 0.4) is 0 Å². The third-order valence-corrected chi connectivity index (χ3v) is 6.42. The average Bonchev–Trinajstić information content (AvgIpc) is 2.83. The number of aliphatic hydroxyl groups is 1. The van der Waals surface area contributed by atoms with Crippen molar-refractivity contribution < 1.29 is 33.7 Å². The van der Waals surface area contributed by atoms with Crippen LogP contribution in [-0.2, 0) is 28.6 Å². The molecular weight excluding hydrogens is 340 g/mol. The van der Waals surface area contributed by atoms with E-state index in [-0.39, 0.29) is 12.5 Å². The van der Waals surface area contributed by atoms with Crippen molar-refractivity contribution >= 4 is 17.9 Å². The van der Waals surface area contributed by atoms with E-state index in [1.807, 2.05) is 6.92 Å². The van der Waals surface area contributed by atoms with Crippen LogP contribution in [0.2, 0.25) is 0 Å². The van der Waals surface area contributed by atoms with Gasteiger partial charge in [0.1, 0.15) is 12.7 Å². The number of fused-ring (bicyclic) bond motifs is 3. The Morgan fingerprint density at radius 3 is 2.58 bits per heavy atom. The molecule has 1 aliphatic heterocycles. The zero-order chi connectivity index (χ0) is 19.3. The molecule has 7 nitrogen and oxygen atoms in total. The van der Waals surface area contributed by atoms with Gasteiger partial charge in [0.05, 0.1) is 6.10 Å². The fourth-order valence-electron chi connectivity index (χ4n) is 5.22. The molecule has 3 rings (SSSR count). The number of esters is 3. The van der Waals surface area contributed by atoms with Crippen LogP contribution in [0.4, 0.5) is 0 Å². The number of aliphatic hydroxyl groups excluding tert-OH is 1. The SMILES string of the molecule is C=C1C(=O)OC2C1CCC1(C)C(O)CCC(COC(C)=O)(OC(C)=O)C21. The Labute approximate surface area is 152 Å². The standard InChI is InChI=1S/C19H26O7/c1-10-13-5-7-18(4)14(22)6-8-19(26-12(3)21,9-24-11(2)20)16(18)15(13)25-17(10)23/h13-16,22H,1,5-9H2,2-4H3. The Balaban J connectivity index is 2.07. The zero-order valence-corrected chi connectivity index (χ0v) is 15.4. The van der Waals surface area contributed by atoms with Crippen molar-refractivity contribution in [2.24, 2.45) is 17.3 Å². The second-order valence-corrected chi connectivity index (χ2v) is 8.02. The highest BCUT2D eigenvalue weighted by atomic mass is 16.6. The number of hydrogen-bond acceptors (Lipinski definition) is 7. The largest absolute Gasteiger partial charge is 0.462 e. The van der Waals surface area contributed by atoms with E-state index in [9.17, 15) is 19.5 Å². The average molecular weight is 366 g/mol. The summed E-state index contributed by atoms with van der Waals surface area (Å²) in [4.78, 5) is 35.5. The minimum absolute atomic E-state index is 0.123. The highest BCUT2D eigenvalue weighted by molar-refractivity contribution is 5.91. The van der Waals surface area contributed by atoms with E-state index in [2.05, 4.69) is 6.58 Å². The molecule has 0 aromatic rings. The van der Waals surface area contributed by atoms with E-state index in [1.165, 1.54) is 13.8 Å². The maximum Gasteiger partial charge on any atom is 0.334 e. The molecule has 0 spiro atoms. The number of carbonyl (C=O) groups is 3. The molecule has 0 aromatic carbocycles. The molecule has 3 aliphatic rings. The molecule has 1 saturated heterocycles. The first-order valence-corrected chi connectivity index (χ1v) is 9.01. The molecule has 0 bridgehead atoms. The van der Waals surface area contributed by atoms with E-state index >= 15 is 0 Å². The van der Waals surface area contributed by atoms with Gasteiger partial charge < -0.3 is 19.3 Å². The summed E-state index contributed by atoms with van der Waals surface area (Å²) in [7, 11) is 0. The summed E-state index contributed by atoms with van der Waals surface area (Å²) in [5.41, 5.74) is -1.35. The van der Waals surface area contributed by atoms with Crippen molar-refractivity contribution in [1.29, 1.82) is 0 Å². The van der Waals surface area contributed by atoms with Gasteiger partial charge in [0, 0.05) is 36.7 Å². The van der Waals surface area contributed by atoms with Crippen molar-refractivity contribution in [1.82, 2.24) is 0 Å². The number of rotatable bonds is 3. The second-order valence-electron chi connectivity index (χ2n) is 8.02. The van der Waals surface area contributed by atoms with Crippen molar-refractivity contribution in [3.05, 3.63) is 12.2 Å². The first kappa shape index (κ1) is 18.9. The van der Waals surface area contributed by atoms with Gasteiger partial charge in [0.15, 0.2) is 5.60 Å². The molecule has 0 aromatic heterocycles. The molecule has 1 N–H and O–H groups in total. The summed E-state index contributed by atoms with van der Waals surface area (Å²) in [5, 5.41) is 10.7. The summed E-state index contributed by atoms with van der Waals surface area (Å²) in [6, 6.07) is 0. The number of ether oxygens (including phenoxy) is 3. The normalized spacial score (nSPS) is 41.7. The number of hydrogen-bond donors (Lipinski definition) is 1. The third-order valence-electron chi connectivity index (χ3n) is 6.42. The lowest BCUT2D eigenvalue weighted by atomic mass is 9.50. The molecule has 2 aliphatic carbocycles. The van der Waals surface area contributed by atoms with Gasteiger partial charge in [0.25, 0.3) is 0 Å². The second kappa shape index (κ2) is 6.37. The highest BCUT2D eigenvalue weighted by Crippen LogP contribution is 2.60. The van der Waals surface area contributed by atoms with Gasteiger partial charge in [-0.05, 0) is 25.7 Å². The predicted octanol–water partition coefficient (Wildman–Crippen LogP) is 1.52.